The van der Waals surface area contributed by atoms with E-state index in [1.54, 1.807) is 43.3 Å². The molecule has 2 aromatic rings. The molecule has 0 bridgehead atoms. The van der Waals surface area contributed by atoms with E-state index in [4.69, 9.17) is 22.1 Å². The average Bonchev–Trinajstić information content (AvgIpc) is 2.62. The van der Waals surface area contributed by atoms with Crippen LogP contribution in [-0.4, -0.2) is 29.9 Å². The predicted octanol–water partition coefficient (Wildman–Crippen LogP) is 2.83. The Balaban J connectivity index is 1.81. The van der Waals surface area contributed by atoms with Crippen molar-refractivity contribution in [3.63, 3.8) is 0 Å². The molecule has 3 N–H and O–H groups in total. The number of hydrogen-bond donors (Lipinski definition) is 2. The maximum Gasteiger partial charge on any atom is 0.255 e. The number of ether oxygens (including phenoxy) is 1. The van der Waals surface area contributed by atoms with Crippen LogP contribution >= 0.6 is 23.4 Å². The maximum absolute atomic E-state index is 12.1. The number of thioether (sulfide) groups is 1. The van der Waals surface area contributed by atoms with Gasteiger partial charge in [0.2, 0.25) is 0 Å². The van der Waals surface area contributed by atoms with E-state index in [0.717, 1.165) is 10.5 Å². The number of halogens is 1. The van der Waals surface area contributed by atoms with Gasteiger partial charge in [-0.25, -0.2) is 5.43 Å². The molecular formula is C18H18ClN3O3S. The van der Waals surface area contributed by atoms with Gasteiger partial charge in [-0.2, -0.15) is 5.10 Å². The van der Waals surface area contributed by atoms with Crippen LogP contribution in [0.4, 0.5) is 0 Å². The molecule has 2 rings (SSSR count). The van der Waals surface area contributed by atoms with Crippen LogP contribution in [0.5, 0.6) is 5.75 Å². The third-order valence-corrected chi connectivity index (χ3v) is 4.51. The molecule has 0 aliphatic heterocycles. The van der Waals surface area contributed by atoms with Gasteiger partial charge >= 0.3 is 0 Å². The number of amides is 2. The predicted molar refractivity (Wildman–Crippen MR) is 104 cm³/mol. The van der Waals surface area contributed by atoms with Crippen LogP contribution in [0.15, 0.2) is 58.5 Å². The Labute approximate surface area is 160 Å². The third-order valence-electron chi connectivity index (χ3n) is 3.15. The van der Waals surface area contributed by atoms with Crippen molar-refractivity contribution in [2.75, 3.05) is 6.61 Å². The maximum atomic E-state index is 12.1. The van der Waals surface area contributed by atoms with E-state index in [0.29, 0.717) is 10.8 Å². The molecule has 0 aromatic heterocycles. The van der Waals surface area contributed by atoms with Crippen molar-refractivity contribution in [1.82, 2.24) is 5.43 Å². The Morgan fingerprint density at radius 3 is 2.50 bits per heavy atom. The molecule has 2 amide bonds. The molecule has 0 saturated carbocycles. The minimum atomic E-state index is -0.538. The zero-order chi connectivity index (χ0) is 18.9. The lowest BCUT2D eigenvalue weighted by molar-refractivity contribution is -0.120. The zero-order valence-electron chi connectivity index (χ0n) is 14.0. The van der Waals surface area contributed by atoms with E-state index in [1.165, 1.54) is 18.0 Å². The van der Waals surface area contributed by atoms with Gasteiger partial charge in [-0.1, -0.05) is 11.6 Å². The minimum absolute atomic E-state index is 0.174. The summed E-state index contributed by atoms with van der Waals surface area (Å²) in [4.78, 5) is 23.7. The summed E-state index contributed by atoms with van der Waals surface area (Å²) < 4.78 is 5.16. The number of rotatable bonds is 8. The van der Waals surface area contributed by atoms with Crippen LogP contribution in [0.1, 0.15) is 12.5 Å². The highest BCUT2D eigenvalue weighted by Crippen LogP contribution is 2.24. The van der Waals surface area contributed by atoms with E-state index >= 15 is 0 Å². The summed E-state index contributed by atoms with van der Waals surface area (Å²) in [5.74, 6) is -0.218. The lowest BCUT2D eigenvalue weighted by Crippen LogP contribution is -2.26. The fourth-order valence-electron chi connectivity index (χ4n) is 1.84. The second-order valence-corrected chi connectivity index (χ2v) is 7.12. The number of nitrogens with one attached hydrogen (secondary N) is 1. The lowest BCUT2D eigenvalue weighted by Gasteiger charge is -2.09. The summed E-state index contributed by atoms with van der Waals surface area (Å²) in [5, 5.41) is 4.30. The Hall–Kier alpha value is -2.51. The molecule has 1 unspecified atom stereocenters. The van der Waals surface area contributed by atoms with Crippen LogP contribution in [0.3, 0.4) is 0 Å². The van der Waals surface area contributed by atoms with Crippen molar-refractivity contribution < 1.29 is 14.3 Å². The van der Waals surface area contributed by atoms with Gasteiger partial charge < -0.3 is 10.5 Å². The Bertz CT molecular complexity index is 779. The molecule has 0 aliphatic rings. The first kappa shape index (κ1) is 19.8. The number of carbonyl (C=O) groups excluding carboxylic acids is 2. The van der Waals surface area contributed by atoms with Crippen LogP contribution in [0, 0.1) is 0 Å². The summed E-state index contributed by atoms with van der Waals surface area (Å²) in [7, 11) is 0. The molecular weight excluding hydrogens is 374 g/mol. The smallest absolute Gasteiger partial charge is 0.255 e. The number of hydrazone groups is 1. The summed E-state index contributed by atoms with van der Waals surface area (Å²) in [6, 6.07) is 14.2. The van der Waals surface area contributed by atoms with E-state index < -0.39 is 5.91 Å². The van der Waals surface area contributed by atoms with Crippen LogP contribution < -0.4 is 15.9 Å². The van der Waals surface area contributed by atoms with E-state index in [1.807, 2.05) is 12.1 Å². The van der Waals surface area contributed by atoms with Gasteiger partial charge in [-0.15, -0.1) is 11.8 Å². The minimum Gasteiger partial charge on any atom is -0.484 e. The average molecular weight is 392 g/mol. The number of primary amides is 1. The standard InChI is InChI=1S/C18H18ClN3O3S/c1-12(26-16-8-4-14(19)5-9-16)18(24)22-21-10-13-2-6-15(7-3-13)25-11-17(20)23/h2-10,12H,11H2,1H3,(H2,20,23)(H,22,24)/b21-10+. The van der Waals surface area contributed by atoms with Crippen molar-refractivity contribution in [3.8, 4) is 5.75 Å². The fraction of sp³-hybridized carbons (Fsp3) is 0.167. The summed E-state index contributed by atoms with van der Waals surface area (Å²) >= 11 is 7.26. The largest absolute Gasteiger partial charge is 0.484 e. The topological polar surface area (TPSA) is 93.8 Å². The molecule has 0 spiro atoms. The van der Waals surface area contributed by atoms with Crippen LogP contribution in [0.25, 0.3) is 0 Å². The second kappa shape index (κ2) is 9.84. The summed E-state index contributed by atoms with van der Waals surface area (Å²) in [6.07, 6.45) is 1.52. The van der Waals surface area contributed by atoms with E-state index in [-0.39, 0.29) is 17.8 Å². The summed E-state index contributed by atoms with van der Waals surface area (Å²) in [5.41, 5.74) is 8.29. The number of nitrogens with zero attached hydrogens (tertiary/aromatic N) is 1. The lowest BCUT2D eigenvalue weighted by atomic mass is 10.2. The highest BCUT2D eigenvalue weighted by Gasteiger charge is 2.13. The first-order chi connectivity index (χ1) is 12.4. The number of benzene rings is 2. The van der Waals surface area contributed by atoms with Crippen LogP contribution in [0.2, 0.25) is 5.02 Å². The molecule has 8 heteroatoms. The molecule has 136 valence electrons. The van der Waals surface area contributed by atoms with Gasteiger partial charge in [0.25, 0.3) is 11.8 Å². The molecule has 6 nitrogen and oxygen atoms in total. The third kappa shape index (κ3) is 6.78. The molecule has 2 aromatic carbocycles. The van der Waals surface area contributed by atoms with Gasteiger partial charge in [0.15, 0.2) is 6.61 Å². The highest BCUT2D eigenvalue weighted by atomic mass is 35.5. The molecule has 0 saturated heterocycles. The van der Waals surface area contributed by atoms with Gasteiger partial charge in [0.05, 0.1) is 11.5 Å². The fourth-order valence-corrected chi connectivity index (χ4v) is 2.82. The van der Waals surface area contributed by atoms with Crippen LogP contribution in [-0.2, 0) is 9.59 Å². The molecule has 1 atom stereocenters. The zero-order valence-corrected chi connectivity index (χ0v) is 15.6. The quantitative estimate of drug-likeness (QED) is 0.411. The van der Waals surface area contributed by atoms with Gasteiger partial charge in [-0.05, 0) is 61.0 Å². The number of nitrogens with two attached hydrogens (primary N) is 1. The molecule has 26 heavy (non-hydrogen) atoms. The highest BCUT2D eigenvalue weighted by molar-refractivity contribution is 8.00. The van der Waals surface area contributed by atoms with Crippen molar-refractivity contribution in [3.05, 3.63) is 59.1 Å². The van der Waals surface area contributed by atoms with E-state index in [9.17, 15) is 9.59 Å². The Kier molecular flexibility index (Phi) is 7.50. The molecule has 0 radical (unpaired) electrons. The van der Waals surface area contributed by atoms with Gasteiger partial charge in [0, 0.05) is 9.92 Å². The van der Waals surface area contributed by atoms with Crippen molar-refractivity contribution in [2.45, 2.75) is 17.1 Å². The SMILES string of the molecule is CC(Sc1ccc(Cl)cc1)C(=O)N/N=C/c1ccc(OCC(N)=O)cc1. The Morgan fingerprint density at radius 2 is 1.88 bits per heavy atom. The number of carbonyl (C=O) groups is 2. The molecule has 0 aliphatic carbocycles. The number of hydrogen-bond acceptors (Lipinski definition) is 5. The van der Waals surface area contributed by atoms with E-state index in [2.05, 4.69) is 10.5 Å². The normalized spacial score (nSPS) is 11.9. The molecule has 0 fully saturated rings. The Morgan fingerprint density at radius 1 is 1.23 bits per heavy atom. The first-order valence-electron chi connectivity index (χ1n) is 7.70. The first-order valence-corrected chi connectivity index (χ1v) is 8.96. The van der Waals surface area contributed by atoms with Crippen molar-refractivity contribution >= 4 is 41.4 Å². The monoisotopic (exact) mass is 391 g/mol. The summed E-state index contributed by atoms with van der Waals surface area (Å²) in [6.45, 7) is 1.63. The molecule has 0 heterocycles. The van der Waals surface area contributed by atoms with Crippen molar-refractivity contribution in [2.24, 2.45) is 10.8 Å². The van der Waals surface area contributed by atoms with Crippen molar-refractivity contribution in [1.29, 1.82) is 0 Å². The second-order valence-electron chi connectivity index (χ2n) is 5.27. The van der Waals surface area contributed by atoms with Gasteiger partial charge in [-0.3, -0.25) is 9.59 Å². The van der Waals surface area contributed by atoms with Gasteiger partial charge in [0.1, 0.15) is 5.75 Å².